The molecule has 0 unspecified atom stereocenters. The molecule has 0 radical (unpaired) electrons. The second-order valence-electron chi connectivity index (χ2n) is 6.40. The molecule has 0 aromatic heterocycles. The fourth-order valence-electron chi connectivity index (χ4n) is 3.18. The van der Waals surface area contributed by atoms with Gasteiger partial charge in [-0.1, -0.05) is 31.0 Å². The van der Waals surface area contributed by atoms with Crippen molar-refractivity contribution in [1.82, 2.24) is 5.32 Å². The maximum absolute atomic E-state index is 12.8. The second-order valence-corrected chi connectivity index (χ2v) is 6.40. The average Bonchev–Trinajstić information content (AvgIpc) is 3.05. The van der Waals surface area contributed by atoms with Crippen LogP contribution in [0, 0.1) is 5.92 Å². The zero-order chi connectivity index (χ0) is 18.4. The van der Waals surface area contributed by atoms with Gasteiger partial charge in [0.25, 0.3) is 0 Å². The van der Waals surface area contributed by atoms with Gasteiger partial charge in [0.05, 0.1) is 12.7 Å². The summed E-state index contributed by atoms with van der Waals surface area (Å²) in [6.07, 6.45) is 0.00464. The highest BCUT2D eigenvalue weighted by Crippen LogP contribution is 2.30. The third-order valence-corrected chi connectivity index (χ3v) is 4.46. The van der Waals surface area contributed by atoms with Crippen molar-refractivity contribution in [2.75, 3.05) is 7.11 Å². The van der Waals surface area contributed by atoms with Crippen molar-refractivity contribution < 1.29 is 27.5 Å². The number of halogens is 3. The first-order valence-electron chi connectivity index (χ1n) is 8.33. The van der Waals surface area contributed by atoms with Gasteiger partial charge in [-0.05, 0) is 30.4 Å². The molecule has 1 amide bonds. The molecule has 1 atom stereocenters. The molecule has 1 aromatic rings. The van der Waals surface area contributed by atoms with Crippen molar-refractivity contribution in [3.05, 3.63) is 35.4 Å². The Morgan fingerprint density at radius 2 is 1.96 bits per heavy atom. The van der Waals surface area contributed by atoms with E-state index in [1.165, 1.54) is 19.2 Å². The Bertz CT molecular complexity index is 610. The number of hydrogen-bond acceptors (Lipinski definition) is 3. The minimum Gasteiger partial charge on any atom is -0.467 e. The number of methoxy groups -OCH3 is 1. The van der Waals surface area contributed by atoms with Crippen molar-refractivity contribution in [2.45, 2.75) is 50.7 Å². The summed E-state index contributed by atoms with van der Waals surface area (Å²) in [6, 6.07) is 3.73. The van der Waals surface area contributed by atoms with E-state index >= 15 is 0 Å². The minimum absolute atomic E-state index is 0.0486. The number of amides is 1. The lowest BCUT2D eigenvalue weighted by Gasteiger charge is -2.18. The Hall–Kier alpha value is -2.05. The first-order valence-corrected chi connectivity index (χ1v) is 8.33. The minimum atomic E-state index is -4.46. The molecule has 1 N–H and O–H groups in total. The topological polar surface area (TPSA) is 55.4 Å². The van der Waals surface area contributed by atoms with Gasteiger partial charge in [-0.2, -0.15) is 13.2 Å². The summed E-state index contributed by atoms with van der Waals surface area (Å²) < 4.78 is 43.1. The Kier molecular flexibility index (Phi) is 6.45. The van der Waals surface area contributed by atoms with E-state index in [1.54, 1.807) is 0 Å². The number of rotatable bonds is 6. The van der Waals surface area contributed by atoms with Crippen LogP contribution in [0.2, 0.25) is 0 Å². The number of carbonyl (C=O) groups is 2. The highest BCUT2D eigenvalue weighted by atomic mass is 19.4. The van der Waals surface area contributed by atoms with Crippen molar-refractivity contribution in [3.63, 3.8) is 0 Å². The van der Waals surface area contributed by atoms with Gasteiger partial charge >= 0.3 is 12.1 Å². The molecule has 0 aliphatic heterocycles. The molecular weight excluding hydrogens is 335 g/mol. The van der Waals surface area contributed by atoms with Crippen LogP contribution in [0.5, 0.6) is 0 Å². The molecule has 1 saturated carbocycles. The van der Waals surface area contributed by atoms with Crippen molar-refractivity contribution in [1.29, 1.82) is 0 Å². The maximum Gasteiger partial charge on any atom is 0.416 e. The standard InChI is InChI=1S/C18H22F3NO3/c1-25-17(24)15(22-16(23)11-12-5-2-3-6-12)10-13-7-4-8-14(9-13)18(19,20)21/h4,7-9,12,15H,2-3,5-6,10-11H2,1H3,(H,22,23)/t15-/m0/s1. The Morgan fingerprint density at radius 1 is 1.28 bits per heavy atom. The molecule has 0 saturated heterocycles. The van der Waals surface area contributed by atoms with Gasteiger partial charge in [0, 0.05) is 12.8 Å². The second kappa shape index (κ2) is 8.36. The van der Waals surface area contributed by atoms with Gasteiger partial charge in [-0.3, -0.25) is 4.79 Å². The highest BCUT2D eigenvalue weighted by Gasteiger charge is 2.31. The van der Waals surface area contributed by atoms with E-state index in [2.05, 4.69) is 10.1 Å². The van der Waals surface area contributed by atoms with E-state index in [1.807, 2.05) is 0 Å². The number of nitrogens with one attached hydrogen (secondary N) is 1. The normalized spacial score (nSPS) is 16.5. The molecule has 1 aliphatic carbocycles. The summed E-state index contributed by atoms with van der Waals surface area (Å²) in [5.41, 5.74) is -0.475. The molecule has 0 bridgehead atoms. The third kappa shape index (κ3) is 5.76. The Balaban J connectivity index is 2.04. The van der Waals surface area contributed by atoms with Gasteiger partial charge in [0.2, 0.25) is 5.91 Å². The van der Waals surface area contributed by atoms with E-state index in [4.69, 9.17) is 0 Å². The van der Waals surface area contributed by atoms with Crippen molar-refractivity contribution >= 4 is 11.9 Å². The van der Waals surface area contributed by atoms with Crippen LogP contribution < -0.4 is 5.32 Å². The molecule has 25 heavy (non-hydrogen) atoms. The lowest BCUT2D eigenvalue weighted by molar-refractivity contribution is -0.145. The highest BCUT2D eigenvalue weighted by molar-refractivity contribution is 5.84. The molecule has 138 valence electrons. The number of esters is 1. The van der Waals surface area contributed by atoms with E-state index in [0.29, 0.717) is 17.9 Å². The van der Waals surface area contributed by atoms with Crippen LogP contribution >= 0.6 is 0 Å². The Morgan fingerprint density at radius 3 is 2.56 bits per heavy atom. The molecule has 1 aromatic carbocycles. The van der Waals surface area contributed by atoms with E-state index in [-0.39, 0.29) is 12.3 Å². The summed E-state index contributed by atoms with van der Waals surface area (Å²) >= 11 is 0. The third-order valence-electron chi connectivity index (χ3n) is 4.46. The van der Waals surface area contributed by atoms with Crippen LogP contribution in [0.1, 0.15) is 43.2 Å². The average molecular weight is 357 g/mol. The van der Waals surface area contributed by atoms with Crippen LogP contribution in [-0.4, -0.2) is 25.0 Å². The van der Waals surface area contributed by atoms with Crippen LogP contribution in [0.25, 0.3) is 0 Å². The van der Waals surface area contributed by atoms with Gasteiger partial charge in [-0.15, -0.1) is 0 Å². The quantitative estimate of drug-likeness (QED) is 0.793. The summed E-state index contributed by atoms with van der Waals surface area (Å²) in [5, 5.41) is 2.61. The molecule has 7 heteroatoms. The lowest BCUT2D eigenvalue weighted by atomic mass is 10.0. The summed E-state index contributed by atoms with van der Waals surface area (Å²) in [5.74, 6) is -0.627. The van der Waals surface area contributed by atoms with Gasteiger partial charge in [0.1, 0.15) is 6.04 Å². The molecule has 0 heterocycles. The smallest absolute Gasteiger partial charge is 0.416 e. The molecule has 1 fully saturated rings. The summed E-state index contributed by atoms with van der Waals surface area (Å²) in [6.45, 7) is 0. The SMILES string of the molecule is COC(=O)[C@H](Cc1cccc(C(F)(F)F)c1)NC(=O)CC1CCCC1. The van der Waals surface area contributed by atoms with Crippen LogP contribution in [0.3, 0.4) is 0 Å². The Labute approximate surface area is 144 Å². The number of carbonyl (C=O) groups excluding carboxylic acids is 2. The van der Waals surface area contributed by atoms with Crippen molar-refractivity contribution in [2.24, 2.45) is 5.92 Å². The number of alkyl halides is 3. The van der Waals surface area contributed by atoms with E-state index in [9.17, 15) is 22.8 Å². The largest absolute Gasteiger partial charge is 0.467 e. The zero-order valence-electron chi connectivity index (χ0n) is 14.1. The first-order chi connectivity index (χ1) is 11.8. The van der Waals surface area contributed by atoms with Gasteiger partial charge < -0.3 is 10.1 Å². The lowest BCUT2D eigenvalue weighted by Crippen LogP contribution is -2.43. The molecule has 0 spiro atoms. The van der Waals surface area contributed by atoms with Gasteiger partial charge in [0.15, 0.2) is 0 Å². The summed E-state index contributed by atoms with van der Waals surface area (Å²) in [4.78, 5) is 24.1. The van der Waals surface area contributed by atoms with E-state index < -0.39 is 23.8 Å². The predicted molar refractivity (Wildman–Crippen MR) is 85.7 cm³/mol. The zero-order valence-corrected chi connectivity index (χ0v) is 14.1. The first kappa shape index (κ1) is 19.3. The molecule has 2 rings (SSSR count). The number of hydrogen-bond donors (Lipinski definition) is 1. The van der Waals surface area contributed by atoms with Crippen LogP contribution in [-0.2, 0) is 26.9 Å². The molecule has 4 nitrogen and oxygen atoms in total. The van der Waals surface area contributed by atoms with E-state index in [0.717, 1.165) is 37.8 Å². The van der Waals surface area contributed by atoms with Crippen LogP contribution in [0.4, 0.5) is 13.2 Å². The number of ether oxygens (including phenoxy) is 1. The maximum atomic E-state index is 12.8. The van der Waals surface area contributed by atoms with Crippen LogP contribution in [0.15, 0.2) is 24.3 Å². The number of benzene rings is 1. The molecule has 1 aliphatic rings. The van der Waals surface area contributed by atoms with Crippen molar-refractivity contribution in [3.8, 4) is 0 Å². The monoisotopic (exact) mass is 357 g/mol. The predicted octanol–water partition coefficient (Wildman–Crippen LogP) is 3.49. The van der Waals surface area contributed by atoms with Gasteiger partial charge in [-0.25, -0.2) is 4.79 Å². The fourth-order valence-corrected chi connectivity index (χ4v) is 3.18. The molecular formula is C18H22F3NO3. The fraction of sp³-hybridized carbons (Fsp3) is 0.556. The summed E-state index contributed by atoms with van der Waals surface area (Å²) in [7, 11) is 1.19.